The highest BCUT2D eigenvalue weighted by Crippen LogP contribution is 2.40. The molecule has 6 nitrogen and oxygen atoms in total. The molecule has 3 aliphatic heterocycles. The van der Waals surface area contributed by atoms with Crippen molar-refractivity contribution in [3.05, 3.63) is 36.1 Å². The van der Waals surface area contributed by atoms with Crippen LogP contribution < -0.4 is 5.32 Å². The fourth-order valence-electron chi connectivity index (χ4n) is 4.90. The normalized spacial score (nSPS) is 30.1. The van der Waals surface area contributed by atoms with E-state index in [1.54, 1.807) is 6.26 Å². The molecule has 3 fully saturated rings. The standard InChI is InChI=1S/C23H30BNO5/c1-22(2)23(3,4)30-24(29-22)20(11-14-13-27-18-8-6-5-7-16(14)18)25-21(26)17-12-15-9-10-19(17)28-15/h5-8,13,15,17,19-20H,9-12H2,1-4H3,(H,25,26)/t15-,17-,19+,20+/m1/s1. The molecule has 0 unspecified atom stereocenters. The molecule has 4 atom stereocenters. The summed E-state index contributed by atoms with van der Waals surface area (Å²) in [6.45, 7) is 8.12. The van der Waals surface area contributed by atoms with Crippen molar-refractivity contribution in [3.63, 3.8) is 0 Å². The molecule has 3 saturated heterocycles. The Kier molecular flexibility index (Phi) is 4.76. The number of rotatable bonds is 5. The lowest BCUT2D eigenvalue weighted by molar-refractivity contribution is -0.127. The predicted molar refractivity (Wildman–Crippen MR) is 114 cm³/mol. The van der Waals surface area contributed by atoms with Crippen molar-refractivity contribution < 1.29 is 23.3 Å². The highest BCUT2D eigenvalue weighted by molar-refractivity contribution is 6.48. The lowest BCUT2D eigenvalue weighted by atomic mass is 9.74. The third kappa shape index (κ3) is 3.37. The Bertz CT molecular complexity index is 938. The zero-order valence-electron chi connectivity index (χ0n) is 18.1. The van der Waals surface area contributed by atoms with Gasteiger partial charge in [0.15, 0.2) is 0 Å². The van der Waals surface area contributed by atoms with Crippen LogP contribution in [0.4, 0.5) is 0 Å². The monoisotopic (exact) mass is 411 g/mol. The second-order valence-corrected chi connectivity index (χ2v) is 9.92. The number of benzene rings is 1. The van der Waals surface area contributed by atoms with Crippen LogP contribution in [0.5, 0.6) is 0 Å². The predicted octanol–water partition coefficient (Wildman–Crippen LogP) is 3.66. The van der Waals surface area contributed by atoms with Gasteiger partial charge >= 0.3 is 7.12 Å². The molecule has 0 aliphatic carbocycles. The Hall–Kier alpha value is -1.83. The van der Waals surface area contributed by atoms with E-state index in [0.29, 0.717) is 6.42 Å². The van der Waals surface area contributed by atoms with Gasteiger partial charge in [-0.3, -0.25) is 4.79 Å². The zero-order valence-corrected chi connectivity index (χ0v) is 18.1. The minimum atomic E-state index is -0.535. The highest BCUT2D eigenvalue weighted by Gasteiger charge is 2.55. The van der Waals surface area contributed by atoms with Gasteiger partial charge in [0.25, 0.3) is 0 Å². The van der Waals surface area contributed by atoms with E-state index in [0.717, 1.165) is 35.8 Å². The quantitative estimate of drug-likeness (QED) is 0.761. The van der Waals surface area contributed by atoms with Crippen molar-refractivity contribution in [2.45, 2.75) is 82.7 Å². The Morgan fingerprint density at radius 2 is 1.90 bits per heavy atom. The number of carbonyl (C=O) groups excluding carboxylic acids is 1. The molecule has 2 aromatic rings. The molecule has 5 rings (SSSR count). The first kappa shape index (κ1) is 20.1. The maximum Gasteiger partial charge on any atom is 0.482 e. The van der Waals surface area contributed by atoms with E-state index in [1.165, 1.54) is 0 Å². The number of amides is 1. The topological polar surface area (TPSA) is 69.9 Å². The van der Waals surface area contributed by atoms with Gasteiger partial charge in [0, 0.05) is 5.39 Å². The van der Waals surface area contributed by atoms with Gasteiger partial charge in [0.05, 0.1) is 41.5 Å². The van der Waals surface area contributed by atoms with Gasteiger partial charge in [0.1, 0.15) is 5.58 Å². The first-order chi connectivity index (χ1) is 14.2. The van der Waals surface area contributed by atoms with Crippen molar-refractivity contribution >= 4 is 24.0 Å². The molecule has 160 valence electrons. The molecule has 30 heavy (non-hydrogen) atoms. The van der Waals surface area contributed by atoms with Crippen LogP contribution in [-0.4, -0.2) is 42.4 Å². The largest absolute Gasteiger partial charge is 0.482 e. The summed E-state index contributed by atoms with van der Waals surface area (Å²) in [7, 11) is -0.535. The van der Waals surface area contributed by atoms with Crippen LogP contribution >= 0.6 is 0 Å². The lowest BCUT2D eigenvalue weighted by Gasteiger charge is -2.32. The Morgan fingerprint density at radius 1 is 1.17 bits per heavy atom. The number of fused-ring (bicyclic) bond motifs is 3. The van der Waals surface area contributed by atoms with Crippen LogP contribution in [0, 0.1) is 5.92 Å². The van der Waals surface area contributed by atoms with E-state index in [4.69, 9.17) is 18.5 Å². The molecule has 1 aromatic carbocycles. The zero-order chi connectivity index (χ0) is 21.1. The molecular weight excluding hydrogens is 381 g/mol. The summed E-state index contributed by atoms with van der Waals surface area (Å²) in [6, 6.07) is 7.95. The lowest BCUT2D eigenvalue weighted by Crippen LogP contribution is -2.52. The molecule has 1 N–H and O–H groups in total. The first-order valence-corrected chi connectivity index (χ1v) is 11.0. The van der Waals surface area contributed by atoms with Crippen molar-refractivity contribution in [1.82, 2.24) is 5.32 Å². The van der Waals surface area contributed by atoms with Gasteiger partial charge in [-0.25, -0.2) is 0 Å². The van der Waals surface area contributed by atoms with Gasteiger partial charge in [-0.05, 0) is 65.0 Å². The van der Waals surface area contributed by atoms with Crippen molar-refractivity contribution in [2.75, 3.05) is 0 Å². The highest BCUT2D eigenvalue weighted by atomic mass is 16.7. The summed E-state index contributed by atoms with van der Waals surface area (Å²) >= 11 is 0. The van der Waals surface area contributed by atoms with Crippen LogP contribution in [0.15, 0.2) is 34.9 Å². The SMILES string of the molecule is CC1(C)OB([C@H](Cc2coc3ccccc23)NC(=O)[C@@H]2C[C@H]3CC[C@@H]2O3)OC1(C)C. The number of furan rings is 1. The van der Waals surface area contributed by atoms with Gasteiger partial charge in [-0.15, -0.1) is 0 Å². The van der Waals surface area contributed by atoms with E-state index in [1.807, 2.05) is 52.0 Å². The Morgan fingerprint density at radius 3 is 2.57 bits per heavy atom. The molecule has 1 amide bonds. The number of carbonyl (C=O) groups is 1. The van der Waals surface area contributed by atoms with Crippen LogP contribution in [0.1, 0.15) is 52.5 Å². The molecule has 3 aliphatic rings. The summed E-state index contributed by atoms with van der Waals surface area (Å²) in [6.07, 6.45) is 5.47. The molecule has 4 heterocycles. The van der Waals surface area contributed by atoms with E-state index < -0.39 is 18.3 Å². The van der Waals surface area contributed by atoms with Crippen LogP contribution in [0.2, 0.25) is 0 Å². The number of hydrogen-bond acceptors (Lipinski definition) is 5. The fraction of sp³-hybridized carbons (Fsp3) is 0.609. The Balaban J connectivity index is 1.40. The van der Waals surface area contributed by atoms with Crippen LogP contribution in [0.3, 0.4) is 0 Å². The first-order valence-electron chi connectivity index (χ1n) is 11.0. The molecule has 0 saturated carbocycles. The maximum absolute atomic E-state index is 13.2. The van der Waals surface area contributed by atoms with Crippen LogP contribution in [0.25, 0.3) is 11.0 Å². The van der Waals surface area contributed by atoms with Gasteiger partial charge < -0.3 is 23.8 Å². The van der Waals surface area contributed by atoms with Crippen molar-refractivity contribution in [2.24, 2.45) is 5.92 Å². The average Bonchev–Trinajstić information content (AvgIpc) is 3.45. The number of hydrogen-bond donors (Lipinski definition) is 1. The summed E-state index contributed by atoms with van der Waals surface area (Å²) in [5.74, 6) is -0.372. The molecular formula is C23H30BNO5. The van der Waals surface area contributed by atoms with Gasteiger partial charge in [0.2, 0.25) is 5.91 Å². The molecule has 1 aromatic heterocycles. The molecule has 0 spiro atoms. The second-order valence-electron chi connectivity index (χ2n) is 9.92. The van der Waals surface area contributed by atoms with Gasteiger partial charge in [-0.1, -0.05) is 18.2 Å². The number of nitrogens with one attached hydrogen (secondary N) is 1. The summed E-state index contributed by atoms with van der Waals surface area (Å²) in [4.78, 5) is 13.2. The maximum atomic E-state index is 13.2. The average molecular weight is 411 g/mol. The smallest absolute Gasteiger partial charge is 0.464 e. The molecule has 7 heteroatoms. The number of ether oxygens (including phenoxy) is 1. The fourth-order valence-corrected chi connectivity index (χ4v) is 4.90. The van der Waals surface area contributed by atoms with E-state index >= 15 is 0 Å². The minimum absolute atomic E-state index is 0.0368. The minimum Gasteiger partial charge on any atom is -0.464 e. The summed E-state index contributed by atoms with van der Waals surface area (Å²) in [5.41, 5.74) is 0.950. The van der Waals surface area contributed by atoms with Crippen LogP contribution in [-0.2, 0) is 25.3 Å². The van der Waals surface area contributed by atoms with E-state index in [-0.39, 0.29) is 30.0 Å². The molecule has 2 bridgehead atoms. The third-order valence-corrected chi connectivity index (χ3v) is 7.37. The molecule has 0 radical (unpaired) electrons. The summed E-state index contributed by atoms with van der Waals surface area (Å²) < 4.78 is 24.3. The number of para-hydroxylation sites is 1. The third-order valence-electron chi connectivity index (χ3n) is 7.37. The Labute approximate surface area is 177 Å². The van der Waals surface area contributed by atoms with Crippen molar-refractivity contribution in [3.8, 4) is 0 Å². The van der Waals surface area contributed by atoms with E-state index in [2.05, 4.69) is 5.32 Å². The van der Waals surface area contributed by atoms with Crippen molar-refractivity contribution in [1.29, 1.82) is 0 Å². The second kappa shape index (κ2) is 7.11. The van der Waals surface area contributed by atoms with E-state index in [9.17, 15) is 4.79 Å². The summed E-state index contributed by atoms with van der Waals surface area (Å²) in [5, 5.41) is 4.31. The van der Waals surface area contributed by atoms with Gasteiger partial charge in [-0.2, -0.15) is 0 Å².